The summed E-state index contributed by atoms with van der Waals surface area (Å²) in [5, 5.41) is 5.13. The molecule has 1 spiro atoms. The fourth-order valence-corrected chi connectivity index (χ4v) is 3.07. The van der Waals surface area contributed by atoms with E-state index in [-0.39, 0.29) is 12.6 Å². The lowest BCUT2D eigenvalue weighted by Gasteiger charge is -2.21. The van der Waals surface area contributed by atoms with Gasteiger partial charge in [-0.1, -0.05) is 6.07 Å². The first kappa shape index (κ1) is 16.7. The molecular weight excluding hydrogens is 312 g/mol. The molecule has 0 bridgehead atoms. The Morgan fingerprint density at radius 1 is 1.29 bits per heavy atom. The highest BCUT2D eigenvalue weighted by atomic mass is 16.7. The van der Waals surface area contributed by atoms with Gasteiger partial charge in [-0.3, -0.25) is 9.59 Å². The van der Waals surface area contributed by atoms with Gasteiger partial charge in [0, 0.05) is 31.1 Å². The molecule has 0 radical (unpaired) electrons. The van der Waals surface area contributed by atoms with Gasteiger partial charge in [-0.2, -0.15) is 0 Å². The zero-order chi connectivity index (χ0) is 17.0. The average molecular weight is 334 g/mol. The van der Waals surface area contributed by atoms with Crippen LogP contribution in [0.1, 0.15) is 25.7 Å². The predicted molar refractivity (Wildman–Crippen MR) is 86.7 cm³/mol. The molecule has 1 aromatic carbocycles. The van der Waals surface area contributed by atoms with E-state index in [1.54, 1.807) is 24.3 Å². The Labute approximate surface area is 140 Å². The Kier molecular flexibility index (Phi) is 5.01. The van der Waals surface area contributed by atoms with Crippen molar-refractivity contribution in [1.29, 1.82) is 0 Å². The molecular formula is C17H22N2O5. The molecule has 1 saturated carbocycles. The standard InChI is InChI=1S/C17H22N2O5/c1-22-13-6-4-5-12(9-13)19-16(21)15(20)18-10-14-11-23-17(24-14)7-2-3-8-17/h4-6,9,14H,2-3,7-8,10-11H2,1H3,(H,18,20)(H,19,21)/t14-/m0/s1. The van der Waals surface area contributed by atoms with Crippen molar-refractivity contribution in [1.82, 2.24) is 5.32 Å². The van der Waals surface area contributed by atoms with Crippen molar-refractivity contribution < 1.29 is 23.8 Å². The third kappa shape index (κ3) is 3.85. The van der Waals surface area contributed by atoms with E-state index in [1.807, 2.05) is 0 Å². The molecule has 2 N–H and O–H groups in total. The number of methoxy groups -OCH3 is 1. The fourth-order valence-electron chi connectivity index (χ4n) is 3.07. The molecule has 7 nitrogen and oxygen atoms in total. The highest BCUT2D eigenvalue weighted by Crippen LogP contribution is 2.38. The molecule has 1 atom stereocenters. The molecule has 1 aliphatic heterocycles. The normalized spacial score (nSPS) is 21.6. The van der Waals surface area contributed by atoms with Crippen LogP contribution in [0.2, 0.25) is 0 Å². The Morgan fingerprint density at radius 3 is 2.83 bits per heavy atom. The van der Waals surface area contributed by atoms with Crippen molar-refractivity contribution in [3.63, 3.8) is 0 Å². The maximum atomic E-state index is 11.9. The molecule has 2 fully saturated rings. The summed E-state index contributed by atoms with van der Waals surface area (Å²) in [4.78, 5) is 23.9. The number of amides is 2. The molecule has 3 rings (SSSR count). The SMILES string of the molecule is COc1cccc(NC(=O)C(=O)NC[C@H]2COC3(CCCC3)O2)c1. The van der Waals surface area contributed by atoms with Gasteiger partial charge in [0.15, 0.2) is 5.79 Å². The summed E-state index contributed by atoms with van der Waals surface area (Å²) in [6, 6.07) is 6.82. The summed E-state index contributed by atoms with van der Waals surface area (Å²) in [5.74, 6) is -1.28. The van der Waals surface area contributed by atoms with E-state index in [0.717, 1.165) is 25.7 Å². The second-order valence-corrected chi connectivity index (χ2v) is 6.06. The minimum absolute atomic E-state index is 0.211. The lowest BCUT2D eigenvalue weighted by molar-refractivity contribution is -0.161. The molecule has 130 valence electrons. The molecule has 0 aromatic heterocycles. The molecule has 2 amide bonds. The van der Waals surface area contributed by atoms with Gasteiger partial charge >= 0.3 is 11.8 Å². The highest BCUT2D eigenvalue weighted by molar-refractivity contribution is 6.39. The monoisotopic (exact) mass is 334 g/mol. The molecule has 7 heteroatoms. The molecule has 1 saturated heterocycles. The smallest absolute Gasteiger partial charge is 0.313 e. The van der Waals surface area contributed by atoms with Gasteiger partial charge in [0.2, 0.25) is 0 Å². The molecule has 0 unspecified atom stereocenters. The van der Waals surface area contributed by atoms with Crippen LogP contribution in [0.5, 0.6) is 5.75 Å². The number of anilines is 1. The van der Waals surface area contributed by atoms with Crippen molar-refractivity contribution in [3.8, 4) is 5.75 Å². The van der Waals surface area contributed by atoms with Crippen LogP contribution in [0.25, 0.3) is 0 Å². The van der Waals surface area contributed by atoms with Crippen LogP contribution < -0.4 is 15.4 Å². The molecule has 2 aliphatic rings. The first-order chi connectivity index (χ1) is 11.6. The van der Waals surface area contributed by atoms with Gasteiger partial charge in [0.05, 0.1) is 13.7 Å². The van der Waals surface area contributed by atoms with Gasteiger partial charge in [-0.25, -0.2) is 0 Å². The fraction of sp³-hybridized carbons (Fsp3) is 0.529. The van der Waals surface area contributed by atoms with E-state index in [4.69, 9.17) is 14.2 Å². The van der Waals surface area contributed by atoms with Crippen molar-refractivity contribution in [2.24, 2.45) is 0 Å². The summed E-state index contributed by atoms with van der Waals surface area (Å²) in [6.45, 7) is 0.698. The highest BCUT2D eigenvalue weighted by Gasteiger charge is 2.43. The first-order valence-corrected chi connectivity index (χ1v) is 8.15. The maximum absolute atomic E-state index is 11.9. The molecule has 1 heterocycles. The molecule has 1 aromatic rings. The van der Waals surface area contributed by atoms with E-state index < -0.39 is 17.6 Å². The topological polar surface area (TPSA) is 85.9 Å². The zero-order valence-electron chi connectivity index (χ0n) is 13.7. The average Bonchev–Trinajstić information content (AvgIpc) is 3.22. The van der Waals surface area contributed by atoms with Crippen molar-refractivity contribution in [3.05, 3.63) is 24.3 Å². The molecule has 1 aliphatic carbocycles. The van der Waals surface area contributed by atoms with Gasteiger partial charge in [-0.15, -0.1) is 0 Å². The Bertz CT molecular complexity index is 613. The number of nitrogens with one attached hydrogen (secondary N) is 2. The number of carbonyl (C=O) groups excluding carboxylic acids is 2. The number of hydrogen-bond donors (Lipinski definition) is 2. The van der Waals surface area contributed by atoms with E-state index in [0.29, 0.717) is 18.0 Å². The summed E-state index contributed by atoms with van der Waals surface area (Å²) in [6.07, 6.45) is 3.78. The van der Waals surface area contributed by atoms with Gasteiger partial charge < -0.3 is 24.8 Å². The van der Waals surface area contributed by atoms with Crippen molar-refractivity contribution in [2.75, 3.05) is 25.6 Å². The zero-order valence-corrected chi connectivity index (χ0v) is 13.7. The Morgan fingerprint density at radius 2 is 2.08 bits per heavy atom. The lowest BCUT2D eigenvalue weighted by Crippen LogP contribution is -2.40. The van der Waals surface area contributed by atoms with Crippen molar-refractivity contribution in [2.45, 2.75) is 37.6 Å². The van der Waals surface area contributed by atoms with Crippen LogP contribution in [0.15, 0.2) is 24.3 Å². The van der Waals surface area contributed by atoms with E-state index in [9.17, 15) is 9.59 Å². The minimum atomic E-state index is -0.724. The number of ether oxygens (including phenoxy) is 3. The summed E-state index contributed by atoms with van der Waals surface area (Å²) in [7, 11) is 1.54. The Hall–Kier alpha value is -2.12. The van der Waals surface area contributed by atoms with E-state index in [2.05, 4.69) is 10.6 Å². The van der Waals surface area contributed by atoms with Gasteiger partial charge in [-0.05, 0) is 25.0 Å². The number of benzene rings is 1. The van der Waals surface area contributed by atoms with Crippen LogP contribution in [0, 0.1) is 0 Å². The summed E-state index contributed by atoms with van der Waals surface area (Å²) in [5.41, 5.74) is 0.500. The quantitative estimate of drug-likeness (QED) is 0.814. The largest absolute Gasteiger partial charge is 0.497 e. The summed E-state index contributed by atoms with van der Waals surface area (Å²) < 4.78 is 16.7. The molecule has 24 heavy (non-hydrogen) atoms. The van der Waals surface area contributed by atoms with Crippen LogP contribution >= 0.6 is 0 Å². The maximum Gasteiger partial charge on any atom is 0.313 e. The predicted octanol–water partition coefficient (Wildman–Crippen LogP) is 1.44. The van der Waals surface area contributed by atoms with Crippen molar-refractivity contribution >= 4 is 17.5 Å². The number of hydrogen-bond acceptors (Lipinski definition) is 5. The van der Waals surface area contributed by atoms with Gasteiger partial charge in [0.25, 0.3) is 0 Å². The van der Waals surface area contributed by atoms with Crippen LogP contribution in [-0.4, -0.2) is 44.0 Å². The lowest BCUT2D eigenvalue weighted by atomic mass is 10.2. The summed E-state index contributed by atoms with van der Waals surface area (Å²) >= 11 is 0. The third-order valence-corrected chi connectivity index (χ3v) is 4.30. The first-order valence-electron chi connectivity index (χ1n) is 8.15. The van der Waals surface area contributed by atoms with Crippen LogP contribution in [-0.2, 0) is 19.1 Å². The van der Waals surface area contributed by atoms with Crippen LogP contribution in [0.3, 0.4) is 0 Å². The van der Waals surface area contributed by atoms with Crippen LogP contribution in [0.4, 0.5) is 5.69 Å². The second-order valence-electron chi connectivity index (χ2n) is 6.06. The van der Waals surface area contributed by atoms with E-state index >= 15 is 0 Å². The number of rotatable bonds is 4. The second kappa shape index (κ2) is 7.19. The van der Waals surface area contributed by atoms with Gasteiger partial charge in [0.1, 0.15) is 11.9 Å². The number of carbonyl (C=O) groups is 2. The third-order valence-electron chi connectivity index (χ3n) is 4.30. The minimum Gasteiger partial charge on any atom is -0.497 e. The van der Waals surface area contributed by atoms with E-state index in [1.165, 1.54) is 7.11 Å². The Balaban J connectivity index is 1.45.